The van der Waals surface area contributed by atoms with Gasteiger partial charge in [0, 0.05) is 25.7 Å². The van der Waals surface area contributed by atoms with Crippen molar-refractivity contribution in [1.29, 1.82) is 0 Å². The third kappa shape index (κ3) is 5.56. The normalized spacial score (nSPS) is 30.6. The number of hydrogen-bond donors (Lipinski definition) is 1. The molecule has 2 atom stereocenters. The van der Waals surface area contributed by atoms with Crippen molar-refractivity contribution in [2.24, 2.45) is 17.8 Å². The minimum atomic E-state index is 0.799. The molecule has 0 aromatic heterocycles. The second-order valence-electron chi connectivity index (χ2n) is 8.06. The molecule has 3 fully saturated rings. The van der Waals surface area contributed by atoms with Crippen molar-refractivity contribution < 1.29 is 0 Å². The molecule has 0 aromatic rings. The molecule has 3 aliphatic rings. The van der Waals surface area contributed by atoms with Gasteiger partial charge in [-0.1, -0.05) is 26.2 Å². The lowest BCUT2D eigenvalue weighted by atomic mass is 9.93. The van der Waals surface area contributed by atoms with Crippen LogP contribution in [0.2, 0.25) is 0 Å². The van der Waals surface area contributed by atoms with Gasteiger partial charge in [-0.25, -0.2) is 0 Å². The fourth-order valence-corrected chi connectivity index (χ4v) is 4.09. The van der Waals surface area contributed by atoms with E-state index in [-0.39, 0.29) is 0 Å². The van der Waals surface area contributed by atoms with Gasteiger partial charge < -0.3 is 10.2 Å². The summed E-state index contributed by atoms with van der Waals surface area (Å²) in [4.78, 5) is 2.87. The molecule has 0 saturated heterocycles. The highest BCUT2D eigenvalue weighted by atomic mass is 15.1. The predicted molar refractivity (Wildman–Crippen MR) is 90.5 cm³/mol. The van der Waals surface area contributed by atoms with Crippen LogP contribution in [0, 0.1) is 17.8 Å². The molecule has 3 saturated carbocycles. The fourth-order valence-electron chi connectivity index (χ4n) is 4.09. The van der Waals surface area contributed by atoms with E-state index in [1.165, 1.54) is 90.4 Å². The van der Waals surface area contributed by atoms with Crippen LogP contribution in [0.25, 0.3) is 0 Å². The lowest BCUT2D eigenvalue weighted by molar-refractivity contribution is 0.181. The lowest BCUT2D eigenvalue weighted by Crippen LogP contribution is -2.43. The first kappa shape index (κ1) is 15.8. The van der Waals surface area contributed by atoms with Gasteiger partial charge in [0.25, 0.3) is 0 Å². The van der Waals surface area contributed by atoms with Crippen LogP contribution in [-0.2, 0) is 0 Å². The summed E-state index contributed by atoms with van der Waals surface area (Å²) in [6.45, 7) is 7.72. The quantitative estimate of drug-likeness (QED) is 0.645. The number of hydrogen-bond acceptors (Lipinski definition) is 2. The Morgan fingerprint density at radius 1 is 0.810 bits per heavy atom. The molecular weight excluding hydrogens is 256 g/mol. The highest BCUT2D eigenvalue weighted by Gasteiger charge is 2.32. The van der Waals surface area contributed by atoms with Crippen molar-refractivity contribution in [2.45, 2.75) is 77.2 Å². The average molecular weight is 293 g/mol. The summed E-state index contributed by atoms with van der Waals surface area (Å²) in [7, 11) is 0. The van der Waals surface area contributed by atoms with E-state index in [2.05, 4.69) is 17.1 Å². The van der Waals surface area contributed by atoms with Crippen LogP contribution in [-0.4, -0.2) is 37.1 Å². The number of nitrogens with zero attached hydrogens (tertiary/aromatic N) is 1. The molecule has 2 unspecified atom stereocenters. The molecule has 0 heterocycles. The van der Waals surface area contributed by atoms with Gasteiger partial charge in [0.1, 0.15) is 0 Å². The standard InChI is InChI=1S/C19H36N2/c1-2-12-20-19-7-5-3-4-6-18(19)15-21(13-16-8-9-16)14-17-10-11-17/h16-20H,2-15H2,1H3. The van der Waals surface area contributed by atoms with Crippen molar-refractivity contribution in [1.82, 2.24) is 10.2 Å². The second-order valence-corrected chi connectivity index (χ2v) is 8.06. The zero-order valence-corrected chi connectivity index (χ0v) is 14.2. The monoisotopic (exact) mass is 292 g/mol. The topological polar surface area (TPSA) is 15.3 Å². The van der Waals surface area contributed by atoms with E-state index in [9.17, 15) is 0 Å². The van der Waals surface area contributed by atoms with Crippen LogP contribution in [0.4, 0.5) is 0 Å². The Morgan fingerprint density at radius 3 is 2.10 bits per heavy atom. The first-order chi connectivity index (χ1) is 10.3. The number of rotatable bonds is 9. The van der Waals surface area contributed by atoms with Gasteiger partial charge >= 0.3 is 0 Å². The minimum absolute atomic E-state index is 0.799. The van der Waals surface area contributed by atoms with Gasteiger partial charge in [0.2, 0.25) is 0 Å². The van der Waals surface area contributed by atoms with Crippen molar-refractivity contribution in [2.75, 3.05) is 26.2 Å². The largest absolute Gasteiger partial charge is 0.314 e. The molecule has 0 aromatic carbocycles. The molecule has 2 heteroatoms. The van der Waals surface area contributed by atoms with E-state index in [0.717, 1.165) is 23.8 Å². The Bertz CT molecular complexity index is 282. The second kappa shape index (κ2) is 7.97. The Morgan fingerprint density at radius 2 is 1.48 bits per heavy atom. The third-order valence-electron chi connectivity index (χ3n) is 5.73. The smallest absolute Gasteiger partial charge is 0.0107 e. The molecule has 0 radical (unpaired) electrons. The molecular formula is C19H36N2. The molecule has 0 amide bonds. The fraction of sp³-hybridized carbons (Fsp3) is 1.00. The molecule has 0 spiro atoms. The predicted octanol–water partition coefficient (Wildman–Crippen LogP) is 4.06. The van der Waals surface area contributed by atoms with Gasteiger partial charge in [0.15, 0.2) is 0 Å². The van der Waals surface area contributed by atoms with Gasteiger partial charge in [0.05, 0.1) is 0 Å². The van der Waals surface area contributed by atoms with Crippen LogP contribution in [0.1, 0.15) is 71.1 Å². The van der Waals surface area contributed by atoms with Crippen LogP contribution >= 0.6 is 0 Å². The summed E-state index contributed by atoms with van der Waals surface area (Å²) < 4.78 is 0. The Kier molecular flexibility index (Phi) is 5.99. The summed E-state index contributed by atoms with van der Waals surface area (Å²) in [6.07, 6.45) is 14.6. The summed E-state index contributed by atoms with van der Waals surface area (Å²) in [6, 6.07) is 0.799. The Hall–Kier alpha value is -0.0800. The van der Waals surface area contributed by atoms with E-state index in [4.69, 9.17) is 0 Å². The molecule has 2 nitrogen and oxygen atoms in total. The molecule has 0 aliphatic heterocycles. The minimum Gasteiger partial charge on any atom is -0.314 e. The highest BCUT2D eigenvalue weighted by Crippen LogP contribution is 2.35. The Labute approximate surface area is 132 Å². The molecule has 0 bridgehead atoms. The van der Waals surface area contributed by atoms with Crippen molar-refractivity contribution in [3.05, 3.63) is 0 Å². The van der Waals surface area contributed by atoms with Gasteiger partial charge in [-0.05, 0) is 69.2 Å². The van der Waals surface area contributed by atoms with Crippen LogP contribution < -0.4 is 5.32 Å². The zero-order chi connectivity index (χ0) is 14.5. The van der Waals surface area contributed by atoms with Gasteiger partial charge in [-0.3, -0.25) is 0 Å². The van der Waals surface area contributed by atoms with E-state index in [1.54, 1.807) is 0 Å². The first-order valence-electron chi connectivity index (χ1n) is 9.81. The molecule has 21 heavy (non-hydrogen) atoms. The lowest BCUT2D eigenvalue weighted by Gasteiger charge is -2.32. The maximum Gasteiger partial charge on any atom is 0.0107 e. The van der Waals surface area contributed by atoms with Crippen molar-refractivity contribution in [3.8, 4) is 0 Å². The van der Waals surface area contributed by atoms with Crippen molar-refractivity contribution in [3.63, 3.8) is 0 Å². The number of nitrogens with one attached hydrogen (secondary N) is 1. The summed E-state index contributed by atoms with van der Waals surface area (Å²) in [5, 5.41) is 3.88. The Balaban J connectivity index is 1.53. The zero-order valence-electron chi connectivity index (χ0n) is 14.2. The van der Waals surface area contributed by atoms with Gasteiger partial charge in [-0.15, -0.1) is 0 Å². The van der Waals surface area contributed by atoms with Crippen LogP contribution in [0.5, 0.6) is 0 Å². The maximum atomic E-state index is 3.88. The summed E-state index contributed by atoms with van der Waals surface area (Å²) >= 11 is 0. The van der Waals surface area contributed by atoms with E-state index in [0.29, 0.717) is 0 Å². The summed E-state index contributed by atoms with van der Waals surface area (Å²) in [5.74, 6) is 3.02. The molecule has 122 valence electrons. The maximum absolute atomic E-state index is 3.88. The highest BCUT2D eigenvalue weighted by molar-refractivity contribution is 4.87. The van der Waals surface area contributed by atoms with Crippen LogP contribution in [0.15, 0.2) is 0 Å². The van der Waals surface area contributed by atoms with Crippen LogP contribution in [0.3, 0.4) is 0 Å². The molecule has 3 aliphatic carbocycles. The van der Waals surface area contributed by atoms with Gasteiger partial charge in [-0.2, -0.15) is 0 Å². The summed E-state index contributed by atoms with van der Waals surface area (Å²) in [5.41, 5.74) is 0. The molecule has 3 rings (SSSR count). The first-order valence-corrected chi connectivity index (χ1v) is 9.81. The van der Waals surface area contributed by atoms with E-state index < -0.39 is 0 Å². The average Bonchev–Trinajstić information content (AvgIpc) is 3.33. The van der Waals surface area contributed by atoms with E-state index in [1.807, 2.05) is 0 Å². The molecule has 1 N–H and O–H groups in total. The van der Waals surface area contributed by atoms with Crippen molar-refractivity contribution >= 4 is 0 Å². The van der Waals surface area contributed by atoms with E-state index >= 15 is 0 Å². The SMILES string of the molecule is CCCNC1CCCCCC1CN(CC1CC1)CC1CC1. The third-order valence-corrected chi connectivity index (χ3v) is 5.73.